The molecule has 10 aliphatic rings. The van der Waals surface area contributed by atoms with Gasteiger partial charge in [0.1, 0.15) is 110 Å². The average molecular weight is 1220 g/mol. The molecule has 5 aliphatic heterocycles. The lowest BCUT2D eigenvalue weighted by Crippen LogP contribution is -2.66. The van der Waals surface area contributed by atoms with E-state index < -0.39 is 190 Å². The minimum atomic E-state index is -1.85. The summed E-state index contributed by atoms with van der Waals surface area (Å²) in [7, 11) is 0. The van der Waals surface area contributed by atoms with Crippen LogP contribution in [-0.2, 0) is 52.2 Å². The number of hydrogen-bond donors (Lipinski definition) is 15. The van der Waals surface area contributed by atoms with Crippen molar-refractivity contribution in [3.63, 3.8) is 0 Å². The zero-order valence-electron chi connectivity index (χ0n) is 49.8. The van der Waals surface area contributed by atoms with Crippen LogP contribution in [0.5, 0.6) is 0 Å². The topological polar surface area (TPSA) is 413 Å². The Morgan fingerprint density at radius 1 is 0.553 bits per heavy atom. The number of aliphatic hydroxyl groups excluding tert-OH is 15. The fourth-order valence-corrected chi connectivity index (χ4v) is 17.5. The molecule has 15 N–H and O–H groups in total. The van der Waals surface area contributed by atoms with E-state index in [2.05, 4.69) is 54.5 Å². The van der Waals surface area contributed by atoms with Crippen molar-refractivity contribution in [3.05, 3.63) is 11.6 Å². The van der Waals surface area contributed by atoms with Crippen LogP contribution in [0.25, 0.3) is 0 Å². The first-order valence-electron chi connectivity index (χ1n) is 30.6. The Kier molecular flexibility index (Phi) is 19.0. The predicted molar refractivity (Wildman–Crippen MR) is 288 cm³/mol. The van der Waals surface area contributed by atoms with Crippen LogP contribution >= 0.6 is 0 Å². The molecule has 0 aromatic heterocycles. The van der Waals surface area contributed by atoms with E-state index in [1.807, 2.05) is 0 Å². The minimum absolute atomic E-state index is 0.0972. The molecule has 4 saturated carbocycles. The van der Waals surface area contributed by atoms with Crippen molar-refractivity contribution in [2.45, 2.75) is 273 Å². The number of allylic oxidation sites excluding steroid dienone is 2. The first-order valence-corrected chi connectivity index (χ1v) is 30.6. The summed E-state index contributed by atoms with van der Waals surface area (Å²) in [6.45, 7) is 15.0. The maximum Gasteiger partial charge on any atom is 0.315 e. The molecule has 488 valence electrons. The van der Waals surface area contributed by atoms with Gasteiger partial charge in [0.2, 0.25) is 6.29 Å². The summed E-state index contributed by atoms with van der Waals surface area (Å²) < 4.78 is 60.2. The molecule has 85 heavy (non-hydrogen) atoms. The molecule has 5 aliphatic carbocycles. The van der Waals surface area contributed by atoms with E-state index in [-0.39, 0.29) is 46.0 Å². The highest BCUT2D eigenvalue weighted by Crippen LogP contribution is 2.76. The molecule has 3 unspecified atom stereocenters. The zero-order valence-corrected chi connectivity index (χ0v) is 49.8. The highest BCUT2D eigenvalue weighted by molar-refractivity contribution is 5.79. The molecule has 0 amide bonds. The van der Waals surface area contributed by atoms with Gasteiger partial charge >= 0.3 is 5.97 Å². The number of carbonyl (C=O) groups excluding carboxylic acids is 1. The van der Waals surface area contributed by atoms with Crippen LogP contribution in [0, 0.1) is 50.2 Å². The molecule has 9 fully saturated rings. The molecular weight excluding hydrogens is 1120 g/mol. The summed E-state index contributed by atoms with van der Waals surface area (Å²) in [5, 5.41) is 160. The number of fused-ring (bicyclic) bond motifs is 7. The molecule has 10 rings (SSSR count). The van der Waals surface area contributed by atoms with Crippen molar-refractivity contribution < 1.29 is 129 Å². The number of rotatable bonds is 13. The van der Waals surface area contributed by atoms with Gasteiger partial charge in [-0.2, -0.15) is 0 Å². The number of aliphatic hydroxyl groups is 15. The van der Waals surface area contributed by atoms with Gasteiger partial charge in [0, 0.05) is 0 Å². The third-order valence-corrected chi connectivity index (χ3v) is 23.1. The van der Waals surface area contributed by atoms with Gasteiger partial charge in [0.25, 0.3) is 0 Å². The normalized spacial score (nSPS) is 54.1. The average Bonchev–Trinajstić information content (AvgIpc) is 0.890. The molecule has 0 aromatic carbocycles. The molecule has 5 heterocycles. The second kappa shape index (κ2) is 24.4. The number of esters is 1. The Bertz CT molecular complexity index is 2360. The monoisotopic (exact) mass is 1220 g/mol. The SMILES string of the molecule is C[C@@H]1O[C@@H](O[C@H]2[C@H](O[C@H]3CC[C@@]4(C)C(CC[C@]5(C)C4CC=C4C6CC(C)(C)CC[C@]6(C(=O)O[C@@H]6O[C@H](CO[C@@H]7O[C@H](CO)[C@@H](O)[C@H](O)[C@H]7O)[C@@H](O)[C@H](O)[C@H]6O)CC[C@]45C)C3(C)C)OC[C@H](O[C@@H]3O[C@H](CO)[C@@H](O)[C@H](O)[C@H]3O)[C@@H]2O)[C@H](O)[C@H](O)[C@H]1O. The summed E-state index contributed by atoms with van der Waals surface area (Å²) in [5.41, 5.74) is -1.35. The Labute approximate surface area is 494 Å². The second-order valence-electron chi connectivity index (χ2n) is 28.7. The van der Waals surface area contributed by atoms with E-state index in [1.165, 1.54) is 12.5 Å². The van der Waals surface area contributed by atoms with E-state index in [0.717, 1.165) is 25.7 Å². The predicted octanol–water partition coefficient (Wildman–Crippen LogP) is -2.54. The Morgan fingerprint density at radius 3 is 1.74 bits per heavy atom. The van der Waals surface area contributed by atoms with E-state index in [0.29, 0.717) is 38.5 Å². The lowest BCUT2D eigenvalue weighted by Gasteiger charge is -2.71. The lowest BCUT2D eigenvalue weighted by molar-refractivity contribution is -0.380. The van der Waals surface area contributed by atoms with Gasteiger partial charge in [-0.25, -0.2) is 0 Å². The molecule has 26 heteroatoms. The lowest BCUT2D eigenvalue weighted by atomic mass is 9.33. The maximum absolute atomic E-state index is 15.2. The smallest absolute Gasteiger partial charge is 0.315 e. The Hall–Kier alpha value is -1.75. The first kappa shape index (κ1) is 66.2. The standard InChI is InChI=1S/C59H96O26/c1-24-34(62)39(67)44(72)49(78-24)84-47-38(66)30(82-50-45(73)41(69)36(64)28(21-61)80-50)23-77-52(47)83-33-12-13-56(6)31(55(33,4)5)11-14-58(8)32(56)10-9-25-26-19-54(2,3)15-17-59(26,18-16-57(25,58)7)53(75)85-51-46(74)42(70)37(65)29(81-51)22-76-48-43(71)40(68)35(63)27(20-60)79-48/h9,24,26-52,60-74H,10-23H2,1-8H3/t24-,26?,27+,28+,29+,30-,31?,32?,33-,34-,35+,36+,37+,38-,39+,40-,41-,42-,43+,44+,45+,46+,47+,48+,49-,50-,51-,52-,56-,57+,58+,59-/m0/s1. The summed E-state index contributed by atoms with van der Waals surface area (Å²) in [5.74, 6) is -0.567. The second-order valence-corrected chi connectivity index (χ2v) is 28.7. The third-order valence-electron chi connectivity index (χ3n) is 23.1. The van der Waals surface area contributed by atoms with E-state index in [9.17, 15) is 76.6 Å². The van der Waals surface area contributed by atoms with Crippen molar-refractivity contribution in [1.82, 2.24) is 0 Å². The largest absolute Gasteiger partial charge is 0.432 e. The van der Waals surface area contributed by atoms with E-state index in [1.54, 1.807) is 0 Å². The molecule has 5 saturated heterocycles. The summed E-state index contributed by atoms with van der Waals surface area (Å²) in [6, 6.07) is 0. The third kappa shape index (κ3) is 11.2. The van der Waals surface area contributed by atoms with Crippen LogP contribution in [-0.4, -0.2) is 263 Å². The molecular formula is C59H96O26. The van der Waals surface area contributed by atoms with Crippen LogP contribution in [0.4, 0.5) is 0 Å². The van der Waals surface area contributed by atoms with Crippen molar-refractivity contribution in [2.75, 3.05) is 26.4 Å². The molecule has 0 radical (unpaired) electrons. The van der Waals surface area contributed by atoms with Gasteiger partial charge < -0.3 is 124 Å². The van der Waals surface area contributed by atoms with Gasteiger partial charge in [0.15, 0.2) is 25.2 Å². The quantitative estimate of drug-likeness (QED) is 0.0513. The van der Waals surface area contributed by atoms with Crippen molar-refractivity contribution >= 4 is 5.97 Å². The van der Waals surface area contributed by atoms with Crippen LogP contribution in [0.2, 0.25) is 0 Å². The fraction of sp³-hybridized carbons (Fsp3) is 0.949. The van der Waals surface area contributed by atoms with E-state index in [4.69, 9.17) is 47.4 Å². The molecule has 32 atom stereocenters. The molecule has 0 aromatic rings. The van der Waals surface area contributed by atoms with Gasteiger partial charge in [-0.05, 0) is 116 Å². The number of carbonyl (C=O) groups is 1. The Balaban J connectivity index is 0.861. The van der Waals surface area contributed by atoms with Gasteiger partial charge in [-0.3, -0.25) is 4.79 Å². The van der Waals surface area contributed by atoms with Crippen LogP contribution < -0.4 is 0 Å². The summed E-state index contributed by atoms with van der Waals surface area (Å²) in [4.78, 5) is 15.2. The zero-order chi connectivity index (χ0) is 62.0. The Morgan fingerprint density at radius 2 is 1.11 bits per heavy atom. The van der Waals surface area contributed by atoms with Crippen LogP contribution in [0.1, 0.15) is 120 Å². The van der Waals surface area contributed by atoms with Crippen molar-refractivity contribution in [1.29, 1.82) is 0 Å². The summed E-state index contributed by atoms with van der Waals surface area (Å²) in [6.07, 6.45) is -29.5. The highest BCUT2D eigenvalue weighted by Gasteiger charge is 2.70. The van der Waals surface area contributed by atoms with E-state index >= 15 is 4.79 Å². The van der Waals surface area contributed by atoms with Crippen LogP contribution in [0.15, 0.2) is 11.6 Å². The first-order chi connectivity index (χ1) is 39.8. The minimum Gasteiger partial charge on any atom is -0.432 e. The van der Waals surface area contributed by atoms with Gasteiger partial charge in [-0.1, -0.05) is 60.1 Å². The molecule has 26 nitrogen and oxygen atoms in total. The van der Waals surface area contributed by atoms with Crippen molar-refractivity contribution in [2.24, 2.45) is 50.2 Å². The van der Waals surface area contributed by atoms with Crippen molar-refractivity contribution in [3.8, 4) is 0 Å². The maximum atomic E-state index is 15.2. The molecule has 0 spiro atoms. The van der Waals surface area contributed by atoms with Gasteiger partial charge in [-0.15, -0.1) is 0 Å². The van der Waals surface area contributed by atoms with Gasteiger partial charge in [0.05, 0.1) is 44.1 Å². The number of hydrogen-bond acceptors (Lipinski definition) is 26. The highest BCUT2D eigenvalue weighted by atomic mass is 16.8. The fourth-order valence-electron chi connectivity index (χ4n) is 17.5. The molecule has 0 bridgehead atoms. The number of ether oxygens (including phenoxy) is 10. The van der Waals surface area contributed by atoms with Crippen LogP contribution in [0.3, 0.4) is 0 Å². The summed E-state index contributed by atoms with van der Waals surface area (Å²) >= 11 is 0.